The van der Waals surface area contributed by atoms with Gasteiger partial charge in [0.15, 0.2) is 0 Å². The number of ether oxygens (including phenoxy) is 1. The van der Waals surface area contributed by atoms with Gasteiger partial charge in [0.05, 0.1) is 24.2 Å². The highest BCUT2D eigenvalue weighted by Crippen LogP contribution is 2.22. The molecule has 0 saturated carbocycles. The summed E-state index contributed by atoms with van der Waals surface area (Å²) in [6, 6.07) is 6.61. The molecule has 0 spiro atoms. The number of benzene rings is 1. The Labute approximate surface area is 125 Å². The molecule has 2 atom stereocenters. The highest BCUT2D eigenvalue weighted by Gasteiger charge is 2.35. The Hall–Kier alpha value is -0.990. The van der Waals surface area contributed by atoms with Crippen molar-refractivity contribution < 1.29 is 18.3 Å². The summed E-state index contributed by atoms with van der Waals surface area (Å²) in [4.78, 5) is 0.271. The van der Waals surface area contributed by atoms with Crippen LogP contribution in [0.15, 0.2) is 29.2 Å². The second-order valence-electron chi connectivity index (χ2n) is 5.24. The molecule has 118 valence electrons. The molecule has 1 heterocycles. The van der Waals surface area contributed by atoms with Gasteiger partial charge in [-0.3, -0.25) is 0 Å². The van der Waals surface area contributed by atoms with Crippen molar-refractivity contribution in [2.45, 2.75) is 30.5 Å². The van der Waals surface area contributed by atoms with Crippen LogP contribution in [0, 0.1) is 0 Å². The zero-order valence-corrected chi connectivity index (χ0v) is 13.1. The van der Waals surface area contributed by atoms with Gasteiger partial charge in [-0.1, -0.05) is 12.1 Å². The van der Waals surface area contributed by atoms with Crippen LogP contribution in [0.25, 0.3) is 0 Å². The van der Waals surface area contributed by atoms with Crippen LogP contribution in [0.3, 0.4) is 0 Å². The maximum absolute atomic E-state index is 12.7. The van der Waals surface area contributed by atoms with Crippen molar-refractivity contribution in [2.75, 3.05) is 26.8 Å². The number of hydrogen-bond donors (Lipinski definition) is 2. The van der Waals surface area contributed by atoms with E-state index in [0.717, 1.165) is 5.56 Å². The van der Waals surface area contributed by atoms with Crippen LogP contribution in [-0.4, -0.2) is 56.8 Å². The van der Waals surface area contributed by atoms with E-state index in [1.54, 1.807) is 31.2 Å². The number of morpholine rings is 1. The summed E-state index contributed by atoms with van der Waals surface area (Å²) in [6.45, 7) is 2.79. The van der Waals surface area contributed by atoms with Crippen molar-refractivity contribution in [1.29, 1.82) is 0 Å². The summed E-state index contributed by atoms with van der Waals surface area (Å²) < 4.78 is 32.2. The summed E-state index contributed by atoms with van der Waals surface area (Å²) in [5, 5.41) is 12.2. The lowest BCUT2D eigenvalue weighted by molar-refractivity contribution is -0.0516. The van der Waals surface area contributed by atoms with E-state index in [1.807, 2.05) is 7.05 Å². The molecule has 1 fully saturated rings. The molecule has 2 unspecified atom stereocenters. The van der Waals surface area contributed by atoms with E-state index >= 15 is 0 Å². The van der Waals surface area contributed by atoms with Crippen LogP contribution in [0.4, 0.5) is 0 Å². The average molecular weight is 314 g/mol. The highest BCUT2D eigenvalue weighted by atomic mass is 32.2. The van der Waals surface area contributed by atoms with Gasteiger partial charge in [0.2, 0.25) is 10.0 Å². The summed E-state index contributed by atoms with van der Waals surface area (Å²) in [5.41, 5.74) is 1.03. The van der Waals surface area contributed by atoms with E-state index in [-0.39, 0.29) is 24.1 Å². The van der Waals surface area contributed by atoms with Crippen molar-refractivity contribution in [2.24, 2.45) is 0 Å². The SMILES string of the molecule is CNCc1ccc(S(=O)(=O)N2CC(CO)OCC2C)cc1. The second kappa shape index (κ2) is 6.85. The summed E-state index contributed by atoms with van der Waals surface area (Å²) in [5.74, 6) is 0. The van der Waals surface area contributed by atoms with Crippen molar-refractivity contribution in [3.05, 3.63) is 29.8 Å². The Balaban J connectivity index is 2.23. The molecule has 2 N–H and O–H groups in total. The molecule has 0 bridgehead atoms. The van der Waals surface area contributed by atoms with E-state index < -0.39 is 16.1 Å². The van der Waals surface area contributed by atoms with Gasteiger partial charge in [-0.05, 0) is 31.7 Å². The molecule has 1 aliphatic heterocycles. The fourth-order valence-electron chi connectivity index (χ4n) is 2.36. The first-order chi connectivity index (χ1) is 9.98. The van der Waals surface area contributed by atoms with Crippen LogP contribution in [0.2, 0.25) is 0 Å². The molecule has 1 aromatic carbocycles. The minimum atomic E-state index is -3.56. The number of nitrogens with zero attached hydrogens (tertiary/aromatic N) is 1. The van der Waals surface area contributed by atoms with Gasteiger partial charge in [-0.15, -0.1) is 0 Å². The Bertz CT molecular complexity index is 559. The van der Waals surface area contributed by atoms with E-state index in [0.29, 0.717) is 13.2 Å². The van der Waals surface area contributed by atoms with Crippen molar-refractivity contribution in [1.82, 2.24) is 9.62 Å². The van der Waals surface area contributed by atoms with Gasteiger partial charge in [0, 0.05) is 19.1 Å². The lowest BCUT2D eigenvalue weighted by Gasteiger charge is -2.36. The van der Waals surface area contributed by atoms with Gasteiger partial charge in [-0.2, -0.15) is 4.31 Å². The van der Waals surface area contributed by atoms with Crippen LogP contribution in [-0.2, 0) is 21.3 Å². The Morgan fingerprint density at radius 2 is 2.05 bits per heavy atom. The fourth-order valence-corrected chi connectivity index (χ4v) is 4.00. The summed E-state index contributed by atoms with van der Waals surface area (Å²) >= 11 is 0. The van der Waals surface area contributed by atoms with E-state index in [9.17, 15) is 13.5 Å². The molecule has 0 aromatic heterocycles. The molecule has 0 radical (unpaired) electrons. The van der Waals surface area contributed by atoms with Crippen LogP contribution < -0.4 is 5.32 Å². The largest absolute Gasteiger partial charge is 0.394 e. The standard InChI is InChI=1S/C14H22N2O4S/c1-11-10-20-13(9-17)8-16(11)21(18,19)14-5-3-12(4-6-14)7-15-2/h3-6,11,13,15,17H,7-10H2,1-2H3. The molecule has 2 rings (SSSR count). The minimum absolute atomic E-state index is 0.179. The number of sulfonamides is 1. The molecule has 0 aliphatic carbocycles. The third kappa shape index (κ3) is 3.61. The number of aliphatic hydroxyl groups excluding tert-OH is 1. The third-order valence-electron chi connectivity index (χ3n) is 3.56. The van der Waals surface area contributed by atoms with Gasteiger partial charge in [0.25, 0.3) is 0 Å². The molecule has 1 saturated heterocycles. The van der Waals surface area contributed by atoms with Gasteiger partial charge < -0.3 is 15.2 Å². The number of aliphatic hydroxyl groups is 1. The molecule has 1 aromatic rings. The molecule has 21 heavy (non-hydrogen) atoms. The first-order valence-electron chi connectivity index (χ1n) is 6.97. The van der Waals surface area contributed by atoms with Gasteiger partial charge in [0.1, 0.15) is 0 Å². The lowest BCUT2D eigenvalue weighted by Crippen LogP contribution is -2.51. The smallest absolute Gasteiger partial charge is 0.243 e. The zero-order chi connectivity index (χ0) is 15.5. The topological polar surface area (TPSA) is 78.9 Å². The van der Waals surface area contributed by atoms with E-state index in [4.69, 9.17) is 4.74 Å². The number of hydrogen-bond acceptors (Lipinski definition) is 5. The monoisotopic (exact) mass is 314 g/mol. The van der Waals surface area contributed by atoms with Crippen molar-refractivity contribution in [3.8, 4) is 0 Å². The molecule has 6 nitrogen and oxygen atoms in total. The van der Waals surface area contributed by atoms with Crippen molar-refractivity contribution >= 4 is 10.0 Å². The minimum Gasteiger partial charge on any atom is -0.394 e. The Morgan fingerprint density at radius 1 is 1.38 bits per heavy atom. The van der Waals surface area contributed by atoms with Gasteiger partial charge in [-0.25, -0.2) is 8.42 Å². The number of rotatable bonds is 5. The average Bonchev–Trinajstić information content (AvgIpc) is 2.48. The Morgan fingerprint density at radius 3 is 2.62 bits per heavy atom. The highest BCUT2D eigenvalue weighted by molar-refractivity contribution is 7.89. The molecule has 0 amide bonds. The van der Waals surface area contributed by atoms with E-state index in [2.05, 4.69) is 5.32 Å². The normalized spacial score (nSPS) is 24.1. The summed E-state index contributed by atoms with van der Waals surface area (Å²) in [7, 11) is -1.72. The summed E-state index contributed by atoms with van der Waals surface area (Å²) in [6.07, 6.45) is -0.459. The van der Waals surface area contributed by atoms with Gasteiger partial charge >= 0.3 is 0 Å². The Kier molecular flexibility index (Phi) is 5.34. The van der Waals surface area contributed by atoms with E-state index in [1.165, 1.54) is 4.31 Å². The molecular formula is C14H22N2O4S. The molecule has 7 heteroatoms. The quantitative estimate of drug-likeness (QED) is 0.810. The first kappa shape index (κ1) is 16.4. The first-order valence-corrected chi connectivity index (χ1v) is 8.41. The van der Waals surface area contributed by atoms with Crippen LogP contribution in [0.1, 0.15) is 12.5 Å². The van der Waals surface area contributed by atoms with Crippen molar-refractivity contribution in [3.63, 3.8) is 0 Å². The predicted octanol–water partition coefficient (Wildman–Crippen LogP) is 0.176. The molecular weight excluding hydrogens is 292 g/mol. The lowest BCUT2D eigenvalue weighted by atomic mass is 10.2. The van der Waals surface area contributed by atoms with Crippen LogP contribution >= 0.6 is 0 Å². The fraction of sp³-hybridized carbons (Fsp3) is 0.571. The maximum atomic E-state index is 12.7. The third-order valence-corrected chi connectivity index (χ3v) is 5.56. The maximum Gasteiger partial charge on any atom is 0.243 e. The molecule has 1 aliphatic rings. The van der Waals surface area contributed by atoms with Crippen LogP contribution in [0.5, 0.6) is 0 Å². The predicted molar refractivity (Wildman–Crippen MR) is 79.4 cm³/mol. The zero-order valence-electron chi connectivity index (χ0n) is 12.3. The second-order valence-corrected chi connectivity index (χ2v) is 7.13. The number of nitrogens with one attached hydrogen (secondary N) is 1.